The zero-order valence-electron chi connectivity index (χ0n) is 17.0. The summed E-state index contributed by atoms with van der Waals surface area (Å²) in [5.74, 6) is -0.0860. The second-order valence-corrected chi connectivity index (χ2v) is 7.12. The van der Waals surface area contributed by atoms with Gasteiger partial charge >= 0.3 is 0 Å². The number of para-hydroxylation sites is 1. The molecule has 0 unspecified atom stereocenters. The van der Waals surface area contributed by atoms with Gasteiger partial charge in [-0.3, -0.25) is 0 Å². The van der Waals surface area contributed by atoms with E-state index in [9.17, 15) is 9.65 Å². The molecule has 6 nitrogen and oxygen atoms in total. The average molecular weight is 400 g/mol. The molecule has 7 heteroatoms. The number of hydrogen-bond donors (Lipinski definition) is 1. The number of nitrogens with two attached hydrogens (primary N) is 1. The van der Waals surface area contributed by atoms with E-state index in [1.807, 2.05) is 62.0 Å². The molecule has 30 heavy (non-hydrogen) atoms. The van der Waals surface area contributed by atoms with E-state index >= 15 is 0 Å². The number of rotatable bonds is 4. The van der Waals surface area contributed by atoms with Gasteiger partial charge < -0.3 is 15.2 Å². The van der Waals surface area contributed by atoms with Crippen molar-refractivity contribution in [3.63, 3.8) is 0 Å². The predicted molar refractivity (Wildman–Crippen MR) is 117 cm³/mol. The van der Waals surface area contributed by atoms with Crippen molar-refractivity contribution in [2.75, 3.05) is 17.7 Å². The van der Waals surface area contributed by atoms with E-state index in [1.54, 1.807) is 17.3 Å². The van der Waals surface area contributed by atoms with Gasteiger partial charge in [-0.1, -0.05) is 25.1 Å². The van der Waals surface area contributed by atoms with Crippen LogP contribution in [0.15, 0.2) is 48.8 Å². The Hall–Kier alpha value is -3.92. The number of aromatic nitrogens is 3. The van der Waals surface area contributed by atoms with Crippen molar-refractivity contribution < 1.29 is 4.39 Å². The number of fused-ring (bicyclic) bond motifs is 1. The largest absolute Gasteiger partial charge is 0.382 e. The smallest absolute Gasteiger partial charge is 0.152 e. The highest BCUT2D eigenvalue weighted by atomic mass is 19.1. The van der Waals surface area contributed by atoms with Crippen LogP contribution in [-0.2, 0) is 13.5 Å². The molecule has 0 aliphatic rings. The van der Waals surface area contributed by atoms with Crippen LogP contribution in [0.3, 0.4) is 0 Å². The van der Waals surface area contributed by atoms with E-state index < -0.39 is 5.82 Å². The fourth-order valence-electron chi connectivity index (χ4n) is 3.76. The number of nitrogens with zero attached hydrogens (tertiary/aromatic N) is 5. The van der Waals surface area contributed by atoms with E-state index in [0.717, 1.165) is 22.3 Å². The SMILES string of the molecule is CCc1cc(C#N)cc(F)c1N(C)c1ccccc1-c1cc2c(ncn2C)c(N)n1. The summed E-state index contributed by atoms with van der Waals surface area (Å²) in [6.45, 7) is 1.94. The monoisotopic (exact) mass is 400 g/mol. The Morgan fingerprint density at radius 2 is 2.00 bits per heavy atom. The topological polar surface area (TPSA) is 83.8 Å². The second kappa shape index (κ2) is 7.48. The fourth-order valence-corrected chi connectivity index (χ4v) is 3.76. The van der Waals surface area contributed by atoms with Crippen LogP contribution < -0.4 is 10.6 Å². The van der Waals surface area contributed by atoms with Gasteiger partial charge in [-0.15, -0.1) is 0 Å². The number of pyridine rings is 1. The molecule has 150 valence electrons. The lowest BCUT2D eigenvalue weighted by Gasteiger charge is -2.25. The first-order valence-electron chi connectivity index (χ1n) is 9.57. The van der Waals surface area contributed by atoms with E-state index in [1.165, 1.54) is 6.07 Å². The van der Waals surface area contributed by atoms with Crippen LogP contribution in [-0.4, -0.2) is 21.6 Å². The molecule has 2 N–H and O–H groups in total. The fraction of sp³-hybridized carbons (Fsp3) is 0.174. The summed E-state index contributed by atoms with van der Waals surface area (Å²) < 4.78 is 16.9. The van der Waals surface area contributed by atoms with Crippen molar-refractivity contribution in [3.05, 3.63) is 65.7 Å². The lowest BCUT2D eigenvalue weighted by molar-refractivity contribution is 0.625. The van der Waals surface area contributed by atoms with Gasteiger partial charge in [0.25, 0.3) is 0 Å². The number of aryl methyl sites for hydroxylation is 2. The van der Waals surface area contributed by atoms with Crippen LogP contribution >= 0.6 is 0 Å². The van der Waals surface area contributed by atoms with Crippen molar-refractivity contribution in [3.8, 4) is 17.3 Å². The molecular formula is C23H21FN6. The number of benzene rings is 2. The van der Waals surface area contributed by atoms with E-state index in [-0.39, 0.29) is 0 Å². The zero-order valence-corrected chi connectivity index (χ0v) is 17.0. The Morgan fingerprint density at radius 1 is 1.23 bits per heavy atom. The zero-order chi connectivity index (χ0) is 21.4. The summed E-state index contributed by atoms with van der Waals surface area (Å²) in [4.78, 5) is 10.7. The van der Waals surface area contributed by atoms with Crippen LogP contribution in [0.4, 0.5) is 21.6 Å². The molecule has 2 aromatic heterocycles. The maximum atomic E-state index is 15.0. The van der Waals surface area contributed by atoms with Gasteiger partial charge in [-0.05, 0) is 36.2 Å². The standard InChI is InChI=1S/C23H21FN6/c1-4-15-9-14(12-25)10-17(24)22(15)30(3)19-8-6-5-7-16(19)18-11-20-21(23(26)28-18)27-13-29(20)2/h5-11,13H,4H2,1-3H3,(H2,26,28). The maximum Gasteiger partial charge on any atom is 0.152 e. The van der Waals surface area contributed by atoms with Crippen molar-refractivity contribution in [1.82, 2.24) is 14.5 Å². The van der Waals surface area contributed by atoms with Gasteiger partial charge in [-0.25, -0.2) is 14.4 Å². The second-order valence-electron chi connectivity index (χ2n) is 7.12. The van der Waals surface area contributed by atoms with Crippen LogP contribution in [0.2, 0.25) is 0 Å². The van der Waals surface area contributed by atoms with Gasteiger partial charge in [0, 0.05) is 19.7 Å². The molecule has 0 bridgehead atoms. The molecule has 4 rings (SSSR count). The summed E-state index contributed by atoms with van der Waals surface area (Å²) in [5.41, 5.74) is 11.5. The maximum absolute atomic E-state index is 15.0. The lowest BCUT2D eigenvalue weighted by atomic mass is 10.0. The highest BCUT2D eigenvalue weighted by Crippen LogP contribution is 2.38. The number of hydrogen-bond acceptors (Lipinski definition) is 5. The first-order valence-corrected chi connectivity index (χ1v) is 9.57. The van der Waals surface area contributed by atoms with Crippen molar-refractivity contribution >= 4 is 28.2 Å². The molecule has 4 aromatic rings. The lowest BCUT2D eigenvalue weighted by Crippen LogP contribution is -2.15. The minimum absolute atomic E-state index is 0.311. The molecule has 2 aromatic carbocycles. The average Bonchev–Trinajstić information content (AvgIpc) is 3.13. The molecular weight excluding hydrogens is 379 g/mol. The van der Waals surface area contributed by atoms with Gasteiger partial charge in [0.05, 0.1) is 40.5 Å². The molecule has 2 heterocycles. The third-order valence-electron chi connectivity index (χ3n) is 5.27. The summed E-state index contributed by atoms with van der Waals surface area (Å²) in [6.07, 6.45) is 2.30. The molecule has 0 radical (unpaired) electrons. The summed E-state index contributed by atoms with van der Waals surface area (Å²) >= 11 is 0. The Balaban J connectivity index is 1.90. The highest BCUT2D eigenvalue weighted by molar-refractivity contribution is 5.91. The Bertz CT molecular complexity index is 1300. The van der Waals surface area contributed by atoms with Gasteiger partial charge in [0.2, 0.25) is 0 Å². The molecule has 0 aliphatic heterocycles. The van der Waals surface area contributed by atoms with Crippen LogP contribution in [0.25, 0.3) is 22.3 Å². The molecule has 0 amide bonds. The highest BCUT2D eigenvalue weighted by Gasteiger charge is 2.19. The van der Waals surface area contributed by atoms with Crippen LogP contribution in [0.1, 0.15) is 18.1 Å². The predicted octanol–water partition coefficient (Wildman–Crippen LogP) is 4.56. The third kappa shape index (κ3) is 3.12. The Labute approximate surface area is 174 Å². The molecule has 0 atom stereocenters. The van der Waals surface area contributed by atoms with E-state index in [4.69, 9.17) is 5.73 Å². The van der Waals surface area contributed by atoms with Crippen molar-refractivity contribution in [2.24, 2.45) is 7.05 Å². The first-order chi connectivity index (χ1) is 14.4. The van der Waals surface area contributed by atoms with Gasteiger partial charge in [0.15, 0.2) is 5.82 Å². The molecule has 0 saturated carbocycles. The van der Waals surface area contributed by atoms with Crippen molar-refractivity contribution in [1.29, 1.82) is 5.26 Å². The Kier molecular flexibility index (Phi) is 4.84. The quantitative estimate of drug-likeness (QED) is 0.543. The Morgan fingerprint density at radius 3 is 2.73 bits per heavy atom. The number of anilines is 3. The van der Waals surface area contributed by atoms with Crippen LogP contribution in [0.5, 0.6) is 0 Å². The molecule has 0 spiro atoms. The summed E-state index contributed by atoms with van der Waals surface area (Å²) in [6, 6.07) is 14.6. The minimum Gasteiger partial charge on any atom is -0.382 e. The molecule has 0 aliphatic carbocycles. The van der Waals surface area contributed by atoms with Crippen LogP contribution in [0, 0.1) is 17.1 Å². The minimum atomic E-state index is -0.433. The number of nitriles is 1. The molecule has 0 fully saturated rings. The normalized spacial score (nSPS) is 10.9. The number of nitrogen functional groups attached to an aromatic ring is 1. The van der Waals surface area contributed by atoms with E-state index in [0.29, 0.717) is 34.7 Å². The summed E-state index contributed by atoms with van der Waals surface area (Å²) in [5, 5.41) is 9.18. The summed E-state index contributed by atoms with van der Waals surface area (Å²) in [7, 11) is 3.71. The van der Waals surface area contributed by atoms with E-state index in [2.05, 4.69) is 9.97 Å². The third-order valence-corrected chi connectivity index (χ3v) is 5.27. The molecule has 0 saturated heterocycles. The van der Waals surface area contributed by atoms with Gasteiger partial charge in [0.1, 0.15) is 11.3 Å². The number of imidazole rings is 1. The van der Waals surface area contributed by atoms with Gasteiger partial charge in [-0.2, -0.15) is 5.26 Å². The first kappa shape index (κ1) is 19.4. The van der Waals surface area contributed by atoms with Crippen molar-refractivity contribution in [2.45, 2.75) is 13.3 Å². The number of halogens is 1.